The Morgan fingerprint density at radius 1 is 1.59 bits per heavy atom. The number of methoxy groups -OCH3 is 1. The first kappa shape index (κ1) is 13.3. The predicted molar refractivity (Wildman–Crippen MR) is 61.9 cm³/mol. The lowest BCUT2D eigenvalue weighted by Crippen LogP contribution is -1.98. The van der Waals surface area contributed by atoms with Crippen molar-refractivity contribution >= 4 is 5.97 Å². The number of unbranched alkanes of at least 4 members (excludes halogenated alkanes) is 1. The summed E-state index contributed by atoms with van der Waals surface area (Å²) in [5.74, 6) is 6.05. The number of aliphatic hydroxyl groups excluding tert-OH is 1. The van der Waals surface area contributed by atoms with Crippen molar-refractivity contribution in [3.05, 3.63) is 24.2 Å². The Hall–Kier alpha value is -1.73. The van der Waals surface area contributed by atoms with E-state index in [0.717, 1.165) is 0 Å². The van der Waals surface area contributed by atoms with Crippen LogP contribution in [0.1, 0.15) is 37.5 Å². The number of esters is 1. The van der Waals surface area contributed by atoms with Crippen LogP contribution in [0.2, 0.25) is 0 Å². The smallest absolute Gasteiger partial charge is 0.305 e. The summed E-state index contributed by atoms with van der Waals surface area (Å²) < 4.78 is 9.54. The summed E-state index contributed by atoms with van der Waals surface area (Å²) in [6, 6.07) is 3.44. The minimum Gasteiger partial charge on any atom is -0.469 e. The van der Waals surface area contributed by atoms with Crippen LogP contribution in [-0.4, -0.2) is 18.2 Å². The second kappa shape index (κ2) is 7.53. The molecule has 1 rings (SSSR count). The molecule has 0 fully saturated rings. The van der Waals surface area contributed by atoms with E-state index in [-0.39, 0.29) is 5.97 Å². The zero-order valence-corrected chi connectivity index (χ0v) is 9.81. The Labute approximate surface area is 101 Å². The zero-order valence-electron chi connectivity index (χ0n) is 9.81. The molecular weight excluding hydrogens is 220 g/mol. The fourth-order valence-electron chi connectivity index (χ4n) is 1.26. The Balaban J connectivity index is 2.16. The topological polar surface area (TPSA) is 59.7 Å². The van der Waals surface area contributed by atoms with Gasteiger partial charge in [-0.2, -0.15) is 0 Å². The summed E-state index contributed by atoms with van der Waals surface area (Å²) in [7, 11) is 1.37. The highest BCUT2D eigenvalue weighted by Crippen LogP contribution is 2.15. The maximum absolute atomic E-state index is 10.8. The van der Waals surface area contributed by atoms with Crippen molar-refractivity contribution in [3.63, 3.8) is 0 Å². The molecule has 0 saturated heterocycles. The van der Waals surface area contributed by atoms with E-state index in [2.05, 4.69) is 16.6 Å². The second-order valence-electron chi connectivity index (χ2n) is 3.52. The van der Waals surface area contributed by atoms with Crippen LogP contribution < -0.4 is 0 Å². The van der Waals surface area contributed by atoms with E-state index in [1.54, 1.807) is 12.1 Å². The van der Waals surface area contributed by atoms with E-state index in [1.165, 1.54) is 13.4 Å². The summed E-state index contributed by atoms with van der Waals surface area (Å²) >= 11 is 0. The van der Waals surface area contributed by atoms with E-state index in [0.29, 0.717) is 31.4 Å². The standard InChI is InChI=1S/C13H16O4/c1-16-13(15)9-5-3-2-4-7-11(14)12-8-6-10-17-12/h6,8,10-11,14H,3,5,7,9H2,1H3. The van der Waals surface area contributed by atoms with Gasteiger partial charge in [0, 0.05) is 19.3 Å². The van der Waals surface area contributed by atoms with Crippen molar-refractivity contribution in [1.82, 2.24) is 0 Å². The Morgan fingerprint density at radius 3 is 3.06 bits per heavy atom. The average Bonchev–Trinajstić information content (AvgIpc) is 2.86. The predicted octanol–water partition coefficient (Wildman–Crippen LogP) is 2.05. The molecule has 0 bridgehead atoms. The van der Waals surface area contributed by atoms with Crippen LogP contribution in [0.3, 0.4) is 0 Å². The highest BCUT2D eigenvalue weighted by Gasteiger charge is 2.07. The molecule has 1 heterocycles. The lowest BCUT2D eigenvalue weighted by molar-refractivity contribution is -0.140. The molecule has 0 aliphatic rings. The number of ether oxygens (including phenoxy) is 1. The maximum atomic E-state index is 10.8. The Bertz CT molecular complexity index is 383. The van der Waals surface area contributed by atoms with Crippen LogP contribution in [0.25, 0.3) is 0 Å². The number of hydrogen-bond acceptors (Lipinski definition) is 4. The highest BCUT2D eigenvalue weighted by molar-refractivity contribution is 5.69. The van der Waals surface area contributed by atoms with Gasteiger partial charge in [0.25, 0.3) is 0 Å². The monoisotopic (exact) mass is 236 g/mol. The third-order valence-corrected chi connectivity index (χ3v) is 2.20. The number of furan rings is 1. The van der Waals surface area contributed by atoms with Gasteiger partial charge in [0.05, 0.1) is 13.4 Å². The molecule has 92 valence electrons. The Morgan fingerprint density at radius 2 is 2.41 bits per heavy atom. The van der Waals surface area contributed by atoms with Gasteiger partial charge < -0.3 is 14.3 Å². The quantitative estimate of drug-likeness (QED) is 0.483. The van der Waals surface area contributed by atoms with Crippen molar-refractivity contribution in [2.75, 3.05) is 7.11 Å². The lowest BCUT2D eigenvalue weighted by Gasteiger charge is -2.00. The van der Waals surface area contributed by atoms with Gasteiger partial charge in [-0.25, -0.2) is 0 Å². The molecule has 1 aromatic heterocycles. The summed E-state index contributed by atoms with van der Waals surface area (Å²) in [5.41, 5.74) is 0. The van der Waals surface area contributed by atoms with Gasteiger partial charge in [0.2, 0.25) is 0 Å². The summed E-state index contributed by atoms with van der Waals surface area (Å²) in [5, 5.41) is 9.62. The number of rotatable bonds is 5. The van der Waals surface area contributed by atoms with Crippen molar-refractivity contribution in [2.24, 2.45) is 0 Å². The molecule has 0 aliphatic carbocycles. The maximum Gasteiger partial charge on any atom is 0.305 e. The average molecular weight is 236 g/mol. The molecule has 4 heteroatoms. The van der Waals surface area contributed by atoms with Gasteiger partial charge in [-0.15, -0.1) is 11.8 Å². The third kappa shape index (κ3) is 5.23. The molecule has 0 aliphatic heterocycles. The number of aliphatic hydroxyl groups is 1. The molecule has 1 atom stereocenters. The molecule has 1 unspecified atom stereocenters. The second-order valence-corrected chi connectivity index (χ2v) is 3.52. The molecule has 4 nitrogen and oxygen atoms in total. The van der Waals surface area contributed by atoms with Gasteiger partial charge in [-0.1, -0.05) is 0 Å². The van der Waals surface area contributed by atoms with Gasteiger partial charge in [0.1, 0.15) is 11.9 Å². The van der Waals surface area contributed by atoms with Gasteiger partial charge >= 0.3 is 5.97 Å². The first-order chi connectivity index (χ1) is 8.24. The first-order valence-corrected chi connectivity index (χ1v) is 5.48. The summed E-state index contributed by atoms with van der Waals surface area (Å²) in [6.07, 6.45) is 2.86. The number of carbonyl (C=O) groups is 1. The van der Waals surface area contributed by atoms with E-state index >= 15 is 0 Å². The van der Waals surface area contributed by atoms with Crippen LogP contribution in [-0.2, 0) is 9.53 Å². The highest BCUT2D eigenvalue weighted by atomic mass is 16.5. The molecule has 0 radical (unpaired) electrons. The first-order valence-electron chi connectivity index (χ1n) is 5.48. The third-order valence-electron chi connectivity index (χ3n) is 2.20. The summed E-state index contributed by atoms with van der Waals surface area (Å²) in [4.78, 5) is 10.8. The lowest BCUT2D eigenvalue weighted by atomic mass is 10.2. The van der Waals surface area contributed by atoms with Crippen LogP contribution in [0.15, 0.2) is 22.8 Å². The minimum absolute atomic E-state index is 0.220. The normalized spacial score (nSPS) is 11.4. The van der Waals surface area contributed by atoms with E-state index < -0.39 is 6.10 Å². The SMILES string of the molecule is COC(=O)CCCC#CCC(O)c1ccco1. The fraction of sp³-hybridized carbons (Fsp3) is 0.462. The molecular formula is C13H16O4. The molecule has 17 heavy (non-hydrogen) atoms. The van der Waals surface area contributed by atoms with Crippen LogP contribution >= 0.6 is 0 Å². The number of carbonyl (C=O) groups excluding carboxylic acids is 1. The minimum atomic E-state index is -0.682. The van der Waals surface area contributed by atoms with Gasteiger partial charge in [0.15, 0.2) is 0 Å². The molecule has 0 saturated carbocycles. The van der Waals surface area contributed by atoms with E-state index in [1.807, 2.05) is 0 Å². The fourth-order valence-corrected chi connectivity index (χ4v) is 1.26. The van der Waals surface area contributed by atoms with Crippen LogP contribution in [0.4, 0.5) is 0 Å². The molecule has 1 N–H and O–H groups in total. The van der Waals surface area contributed by atoms with Crippen molar-refractivity contribution < 1.29 is 19.1 Å². The molecule has 0 aromatic carbocycles. The van der Waals surface area contributed by atoms with Crippen LogP contribution in [0.5, 0.6) is 0 Å². The molecule has 0 spiro atoms. The zero-order chi connectivity index (χ0) is 12.5. The van der Waals surface area contributed by atoms with E-state index in [9.17, 15) is 9.90 Å². The Kier molecular flexibility index (Phi) is 5.91. The van der Waals surface area contributed by atoms with Crippen molar-refractivity contribution in [2.45, 2.75) is 31.8 Å². The van der Waals surface area contributed by atoms with Crippen LogP contribution in [0, 0.1) is 11.8 Å². The molecule has 1 aromatic rings. The van der Waals surface area contributed by atoms with Gasteiger partial charge in [-0.05, 0) is 18.6 Å². The van der Waals surface area contributed by atoms with Gasteiger partial charge in [-0.3, -0.25) is 4.79 Å². The summed E-state index contributed by atoms with van der Waals surface area (Å²) in [6.45, 7) is 0. The number of hydrogen-bond donors (Lipinski definition) is 1. The van der Waals surface area contributed by atoms with Crippen molar-refractivity contribution in [3.8, 4) is 11.8 Å². The van der Waals surface area contributed by atoms with E-state index in [4.69, 9.17) is 4.42 Å². The largest absolute Gasteiger partial charge is 0.469 e. The van der Waals surface area contributed by atoms with Crippen molar-refractivity contribution in [1.29, 1.82) is 0 Å². The molecule has 0 amide bonds.